The number of nitrogens with one attached hydrogen (secondary N) is 1. The Morgan fingerprint density at radius 1 is 1.31 bits per heavy atom. The maximum Gasteiger partial charge on any atom is 0.212 e. The highest BCUT2D eigenvalue weighted by Crippen LogP contribution is 2.21. The molecular formula is C18H26Cl2FN3O2. The Kier molecular flexibility index (Phi) is 8.83. The van der Waals surface area contributed by atoms with Crippen molar-refractivity contribution in [3.63, 3.8) is 0 Å². The summed E-state index contributed by atoms with van der Waals surface area (Å²) in [5, 5.41) is 8.09. The summed E-state index contributed by atoms with van der Waals surface area (Å²) in [5.41, 5.74) is 1.01. The van der Waals surface area contributed by atoms with Crippen LogP contribution in [0.2, 0.25) is 5.02 Å². The van der Waals surface area contributed by atoms with E-state index in [1.165, 1.54) is 12.1 Å². The van der Waals surface area contributed by atoms with Crippen LogP contribution in [0, 0.1) is 5.82 Å². The lowest BCUT2D eigenvalue weighted by Crippen LogP contribution is -2.25. The van der Waals surface area contributed by atoms with E-state index in [1.54, 1.807) is 17.9 Å². The summed E-state index contributed by atoms with van der Waals surface area (Å²) in [6.45, 7) is 5.39. The van der Waals surface area contributed by atoms with E-state index in [0.717, 1.165) is 12.1 Å². The van der Waals surface area contributed by atoms with Gasteiger partial charge in [0.05, 0.1) is 11.3 Å². The van der Waals surface area contributed by atoms with Gasteiger partial charge in [0.25, 0.3) is 0 Å². The van der Waals surface area contributed by atoms with Crippen molar-refractivity contribution in [2.24, 2.45) is 0 Å². The highest BCUT2D eigenvalue weighted by atomic mass is 35.5. The van der Waals surface area contributed by atoms with E-state index in [4.69, 9.17) is 21.1 Å². The Labute approximate surface area is 165 Å². The van der Waals surface area contributed by atoms with E-state index in [1.807, 2.05) is 27.0 Å². The maximum absolute atomic E-state index is 13.9. The molecule has 0 aliphatic heterocycles. The molecule has 0 aliphatic rings. The summed E-state index contributed by atoms with van der Waals surface area (Å²) in [7, 11) is 3.55. The molecule has 0 spiro atoms. The normalized spacial score (nSPS) is 11.3. The number of hydrogen-bond donors (Lipinski definition) is 1. The molecular weight excluding hydrogens is 380 g/mol. The number of aryl methyl sites for hydroxylation is 1. The first-order chi connectivity index (χ1) is 11.8. The van der Waals surface area contributed by atoms with Gasteiger partial charge in [-0.15, -0.1) is 12.4 Å². The van der Waals surface area contributed by atoms with Gasteiger partial charge in [-0.05, 0) is 45.5 Å². The fourth-order valence-electron chi connectivity index (χ4n) is 2.28. The minimum atomic E-state index is -0.341. The second-order valence-corrected chi connectivity index (χ2v) is 6.90. The van der Waals surface area contributed by atoms with Gasteiger partial charge in [0.15, 0.2) is 0 Å². The average molecular weight is 406 g/mol. The molecule has 0 atom stereocenters. The number of rotatable bonds is 9. The molecule has 1 aromatic heterocycles. The van der Waals surface area contributed by atoms with Crippen LogP contribution in [-0.2, 0) is 24.4 Å². The third-order valence-corrected chi connectivity index (χ3v) is 4.25. The van der Waals surface area contributed by atoms with Crippen molar-refractivity contribution >= 4 is 24.0 Å². The minimum Gasteiger partial charge on any atom is -0.473 e. The Morgan fingerprint density at radius 3 is 2.69 bits per heavy atom. The minimum absolute atomic E-state index is 0. The molecule has 1 heterocycles. The van der Waals surface area contributed by atoms with Crippen LogP contribution in [0.3, 0.4) is 0 Å². The van der Waals surface area contributed by atoms with Crippen molar-refractivity contribution in [3.05, 3.63) is 46.4 Å². The molecule has 0 radical (unpaired) electrons. The van der Waals surface area contributed by atoms with Gasteiger partial charge in [-0.1, -0.05) is 11.6 Å². The van der Waals surface area contributed by atoms with Crippen LogP contribution in [0.25, 0.3) is 0 Å². The Bertz CT molecular complexity index is 708. The van der Waals surface area contributed by atoms with Crippen molar-refractivity contribution in [2.45, 2.75) is 45.6 Å². The third kappa shape index (κ3) is 6.43. The zero-order chi connectivity index (χ0) is 18.4. The van der Waals surface area contributed by atoms with E-state index in [0.29, 0.717) is 29.6 Å². The lowest BCUT2D eigenvalue weighted by Gasteiger charge is -2.23. The van der Waals surface area contributed by atoms with Crippen LogP contribution < -0.4 is 10.1 Å². The summed E-state index contributed by atoms with van der Waals surface area (Å²) >= 11 is 5.93. The first kappa shape index (κ1) is 22.7. The molecule has 1 aromatic carbocycles. The van der Waals surface area contributed by atoms with Gasteiger partial charge in [0.2, 0.25) is 5.88 Å². The smallest absolute Gasteiger partial charge is 0.212 e. The van der Waals surface area contributed by atoms with Crippen molar-refractivity contribution < 1.29 is 13.9 Å². The van der Waals surface area contributed by atoms with Crippen molar-refractivity contribution in [1.29, 1.82) is 0 Å². The number of benzene rings is 1. The summed E-state index contributed by atoms with van der Waals surface area (Å²) in [4.78, 5) is 0. The highest BCUT2D eigenvalue weighted by molar-refractivity contribution is 6.30. The Hall–Kier alpha value is -1.34. The number of nitrogens with zero attached hydrogens (tertiary/aromatic N) is 2. The standard InChI is InChI=1S/C18H25ClFN3O2.ClH/c1-18(2,24-4)7-8-23-17(10-15(22-23)11-21-3)25-12-13-9-14(19)5-6-16(13)20;/h5-6,9-10,21H,7-8,11-12H2,1-4H3;1H. The van der Waals surface area contributed by atoms with Crippen LogP contribution in [0.15, 0.2) is 24.3 Å². The fraction of sp³-hybridized carbons (Fsp3) is 0.500. The van der Waals surface area contributed by atoms with Crippen LogP contribution in [0.4, 0.5) is 4.39 Å². The Balaban J connectivity index is 0.00000338. The van der Waals surface area contributed by atoms with Crippen molar-refractivity contribution in [2.75, 3.05) is 14.2 Å². The SMILES string of the molecule is CNCc1cc(OCc2cc(Cl)ccc2F)n(CCC(C)(C)OC)n1.Cl. The predicted molar refractivity (Wildman–Crippen MR) is 104 cm³/mol. The van der Waals surface area contributed by atoms with Gasteiger partial charge in [-0.25, -0.2) is 9.07 Å². The quantitative estimate of drug-likeness (QED) is 0.678. The van der Waals surface area contributed by atoms with E-state index < -0.39 is 0 Å². The average Bonchev–Trinajstić information content (AvgIpc) is 2.96. The monoisotopic (exact) mass is 405 g/mol. The molecule has 0 fully saturated rings. The predicted octanol–water partition coefficient (Wildman–Crippen LogP) is 4.21. The number of ether oxygens (including phenoxy) is 2. The topological polar surface area (TPSA) is 48.3 Å². The van der Waals surface area contributed by atoms with Crippen molar-refractivity contribution in [1.82, 2.24) is 15.1 Å². The van der Waals surface area contributed by atoms with Crippen molar-refractivity contribution in [3.8, 4) is 5.88 Å². The molecule has 146 valence electrons. The third-order valence-electron chi connectivity index (χ3n) is 4.01. The zero-order valence-electron chi connectivity index (χ0n) is 15.5. The number of hydrogen-bond acceptors (Lipinski definition) is 4. The van der Waals surface area contributed by atoms with E-state index >= 15 is 0 Å². The zero-order valence-corrected chi connectivity index (χ0v) is 17.1. The molecule has 0 aliphatic carbocycles. The van der Waals surface area contributed by atoms with E-state index in [2.05, 4.69) is 10.4 Å². The van der Waals surface area contributed by atoms with Crippen LogP contribution >= 0.6 is 24.0 Å². The largest absolute Gasteiger partial charge is 0.473 e. The summed E-state index contributed by atoms with van der Waals surface area (Å²) in [6, 6.07) is 6.28. The van der Waals surface area contributed by atoms with Gasteiger partial charge in [0, 0.05) is 36.9 Å². The number of aromatic nitrogens is 2. The lowest BCUT2D eigenvalue weighted by atomic mass is 10.1. The molecule has 0 saturated carbocycles. The van der Waals surface area contributed by atoms with Crippen LogP contribution in [0.1, 0.15) is 31.5 Å². The van der Waals surface area contributed by atoms with Crippen LogP contribution in [0.5, 0.6) is 5.88 Å². The Morgan fingerprint density at radius 2 is 2.04 bits per heavy atom. The molecule has 5 nitrogen and oxygen atoms in total. The highest BCUT2D eigenvalue weighted by Gasteiger charge is 2.18. The van der Waals surface area contributed by atoms with Gasteiger partial charge in [0.1, 0.15) is 12.4 Å². The van der Waals surface area contributed by atoms with Crippen LogP contribution in [-0.4, -0.2) is 29.5 Å². The molecule has 26 heavy (non-hydrogen) atoms. The van der Waals surface area contributed by atoms with E-state index in [9.17, 15) is 4.39 Å². The molecule has 2 aromatic rings. The molecule has 0 saturated heterocycles. The molecule has 0 amide bonds. The number of methoxy groups -OCH3 is 1. The first-order valence-electron chi connectivity index (χ1n) is 8.18. The molecule has 8 heteroatoms. The summed E-state index contributed by atoms with van der Waals surface area (Å²) in [5.74, 6) is 0.253. The van der Waals surface area contributed by atoms with Gasteiger partial charge in [-0.3, -0.25) is 0 Å². The van der Waals surface area contributed by atoms with E-state index in [-0.39, 0.29) is 30.4 Å². The lowest BCUT2D eigenvalue weighted by molar-refractivity contribution is 0.0107. The molecule has 0 bridgehead atoms. The maximum atomic E-state index is 13.9. The number of halogens is 3. The fourth-order valence-corrected chi connectivity index (χ4v) is 2.47. The second-order valence-electron chi connectivity index (χ2n) is 6.47. The molecule has 1 N–H and O–H groups in total. The second kappa shape index (κ2) is 10.1. The molecule has 2 rings (SSSR count). The molecule has 0 unspecified atom stereocenters. The van der Waals surface area contributed by atoms with Gasteiger partial charge < -0.3 is 14.8 Å². The van der Waals surface area contributed by atoms with Gasteiger partial charge >= 0.3 is 0 Å². The summed E-state index contributed by atoms with van der Waals surface area (Å²) < 4.78 is 26.9. The van der Waals surface area contributed by atoms with Gasteiger partial charge in [-0.2, -0.15) is 5.10 Å². The first-order valence-corrected chi connectivity index (χ1v) is 8.55. The summed E-state index contributed by atoms with van der Waals surface area (Å²) in [6.07, 6.45) is 0.770.